The Morgan fingerprint density at radius 2 is 1.96 bits per heavy atom. The van der Waals surface area contributed by atoms with Gasteiger partial charge >= 0.3 is 0 Å². The van der Waals surface area contributed by atoms with Crippen LogP contribution in [-0.2, 0) is 4.79 Å². The summed E-state index contributed by atoms with van der Waals surface area (Å²) in [5.74, 6) is 0.0107. The lowest BCUT2D eigenvalue weighted by atomic mass is 10.2. The van der Waals surface area contributed by atoms with Gasteiger partial charge in [0.2, 0.25) is 0 Å². The van der Waals surface area contributed by atoms with Crippen LogP contribution in [0.4, 0.5) is 11.4 Å². The quantitative estimate of drug-likeness (QED) is 0.826. The van der Waals surface area contributed by atoms with Crippen LogP contribution in [0.25, 0.3) is 0 Å². The molecule has 2 aromatic carbocycles. The standard InChI is InChI=1S/C18H19N3OS2/c1-13-7-6-8-14(11-13)19-12-16-17(22)21(18(23)24-16)20(2)15-9-4-3-5-10-15/h3-11,16,19H,12H2,1-2H3. The summed E-state index contributed by atoms with van der Waals surface area (Å²) in [6.07, 6.45) is 0. The van der Waals surface area contributed by atoms with Crippen molar-refractivity contribution in [2.24, 2.45) is 0 Å². The molecule has 6 heteroatoms. The number of carbonyl (C=O) groups is 1. The summed E-state index contributed by atoms with van der Waals surface area (Å²) in [7, 11) is 1.86. The molecule has 1 N–H and O–H groups in total. The van der Waals surface area contributed by atoms with Gasteiger partial charge in [0.1, 0.15) is 5.25 Å². The summed E-state index contributed by atoms with van der Waals surface area (Å²) >= 11 is 6.85. The maximum absolute atomic E-state index is 12.8. The van der Waals surface area contributed by atoms with E-state index in [9.17, 15) is 4.79 Å². The van der Waals surface area contributed by atoms with Crippen molar-refractivity contribution < 1.29 is 4.79 Å². The minimum absolute atomic E-state index is 0.0107. The van der Waals surface area contributed by atoms with E-state index in [2.05, 4.69) is 11.4 Å². The molecule has 1 aliphatic heterocycles. The second-order valence-corrected chi connectivity index (χ2v) is 7.47. The van der Waals surface area contributed by atoms with Gasteiger partial charge in [0.15, 0.2) is 4.32 Å². The first-order valence-corrected chi connectivity index (χ1v) is 8.99. The number of amides is 1. The van der Waals surface area contributed by atoms with Gasteiger partial charge in [0, 0.05) is 19.3 Å². The zero-order valence-corrected chi connectivity index (χ0v) is 15.2. The summed E-state index contributed by atoms with van der Waals surface area (Å²) < 4.78 is 0.586. The molecule has 0 aromatic heterocycles. The Hall–Kier alpha value is -2.05. The third-order valence-electron chi connectivity index (χ3n) is 3.84. The molecule has 124 valence electrons. The summed E-state index contributed by atoms with van der Waals surface area (Å²) in [5.41, 5.74) is 3.14. The largest absolute Gasteiger partial charge is 0.383 e. The molecule has 0 saturated carbocycles. The number of aryl methyl sites for hydroxylation is 1. The average molecular weight is 358 g/mol. The lowest BCUT2D eigenvalue weighted by Crippen LogP contribution is -2.45. The van der Waals surface area contributed by atoms with Crippen molar-refractivity contribution in [2.45, 2.75) is 12.2 Å². The van der Waals surface area contributed by atoms with Crippen LogP contribution in [-0.4, -0.2) is 34.1 Å². The first-order valence-electron chi connectivity index (χ1n) is 7.70. The predicted molar refractivity (Wildman–Crippen MR) is 105 cm³/mol. The van der Waals surface area contributed by atoms with Gasteiger partial charge in [-0.05, 0) is 36.8 Å². The SMILES string of the molecule is Cc1cccc(NCC2SC(=S)N(N(C)c3ccccc3)C2=O)c1. The van der Waals surface area contributed by atoms with E-state index in [1.807, 2.05) is 67.5 Å². The molecule has 3 rings (SSSR count). The van der Waals surface area contributed by atoms with Gasteiger partial charge in [-0.3, -0.25) is 9.80 Å². The van der Waals surface area contributed by atoms with Crippen molar-refractivity contribution in [3.05, 3.63) is 60.2 Å². The highest BCUT2D eigenvalue weighted by molar-refractivity contribution is 8.24. The fraction of sp³-hybridized carbons (Fsp3) is 0.222. The van der Waals surface area contributed by atoms with Crippen LogP contribution in [0, 0.1) is 6.92 Å². The number of hydrogen-bond acceptors (Lipinski definition) is 5. The molecular weight excluding hydrogens is 338 g/mol. The number of nitrogens with one attached hydrogen (secondary N) is 1. The Balaban J connectivity index is 1.68. The predicted octanol–water partition coefficient (Wildman–Crippen LogP) is 3.69. The third-order valence-corrected chi connectivity index (χ3v) is 5.33. The molecule has 1 aliphatic rings. The Labute approximate surface area is 151 Å². The van der Waals surface area contributed by atoms with Crippen LogP contribution in [0.3, 0.4) is 0 Å². The molecule has 0 bridgehead atoms. The third kappa shape index (κ3) is 3.55. The van der Waals surface area contributed by atoms with Crippen molar-refractivity contribution in [3.8, 4) is 0 Å². The molecule has 1 fully saturated rings. The Morgan fingerprint density at radius 3 is 2.67 bits per heavy atom. The summed E-state index contributed by atoms with van der Waals surface area (Å²) in [6, 6.07) is 17.9. The number of para-hydroxylation sites is 1. The van der Waals surface area contributed by atoms with Gasteiger partial charge in [0.25, 0.3) is 5.91 Å². The van der Waals surface area contributed by atoms with Crippen LogP contribution in [0.5, 0.6) is 0 Å². The number of rotatable bonds is 5. The average Bonchev–Trinajstić information content (AvgIpc) is 2.87. The lowest BCUT2D eigenvalue weighted by Gasteiger charge is -2.29. The van der Waals surface area contributed by atoms with Gasteiger partial charge < -0.3 is 5.32 Å². The van der Waals surface area contributed by atoms with E-state index in [-0.39, 0.29) is 11.2 Å². The minimum atomic E-state index is -0.218. The van der Waals surface area contributed by atoms with Crippen LogP contribution in [0.2, 0.25) is 0 Å². The number of thioether (sulfide) groups is 1. The number of hydrogen-bond donors (Lipinski definition) is 1. The Morgan fingerprint density at radius 1 is 1.21 bits per heavy atom. The molecule has 1 saturated heterocycles. The van der Waals surface area contributed by atoms with E-state index >= 15 is 0 Å². The number of benzene rings is 2. The fourth-order valence-corrected chi connectivity index (χ4v) is 4.06. The normalized spacial score (nSPS) is 17.2. The van der Waals surface area contributed by atoms with Crippen molar-refractivity contribution in [2.75, 3.05) is 23.9 Å². The first-order chi connectivity index (χ1) is 11.6. The van der Waals surface area contributed by atoms with E-state index in [1.54, 1.807) is 5.01 Å². The summed E-state index contributed by atoms with van der Waals surface area (Å²) in [5, 5.41) is 6.50. The minimum Gasteiger partial charge on any atom is -0.383 e. The van der Waals surface area contributed by atoms with Crippen LogP contribution < -0.4 is 10.3 Å². The second-order valence-electron chi connectivity index (χ2n) is 5.63. The highest BCUT2D eigenvalue weighted by atomic mass is 32.2. The van der Waals surface area contributed by atoms with E-state index < -0.39 is 0 Å². The van der Waals surface area contributed by atoms with Crippen LogP contribution >= 0.6 is 24.0 Å². The van der Waals surface area contributed by atoms with E-state index in [0.717, 1.165) is 11.4 Å². The monoisotopic (exact) mass is 357 g/mol. The van der Waals surface area contributed by atoms with Crippen molar-refractivity contribution in [3.63, 3.8) is 0 Å². The highest BCUT2D eigenvalue weighted by Gasteiger charge is 2.39. The molecule has 1 unspecified atom stereocenters. The zero-order chi connectivity index (χ0) is 17.1. The van der Waals surface area contributed by atoms with Crippen molar-refractivity contribution in [1.29, 1.82) is 0 Å². The number of thiocarbonyl (C=S) groups is 1. The van der Waals surface area contributed by atoms with E-state index in [4.69, 9.17) is 12.2 Å². The number of carbonyl (C=O) groups excluding carboxylic acids is 1. The zero-order valence-electron chi connectivity index (χ0n) is 13.6. The number of hydrazine groups is 1. The summed E-state index contributed by atoms with van der Waals surface area (Å²) in [6.45, 7) is 2.60. The second kappa shape index (κ2) is 7.23. The molecule has 24 heavy (non-hydrogen) atoms. The smallest absolute Gasteiger partial charge is 0.262 e. The Bertz CT molecular complexity index is 751. The molecule has 0 aliphatic carbocycles. The van der Waals surface area contributed by atoms with Gasteiger partial charge in [-0.1, -0.05) is 54.3 Å². The molecule has 2 aromatic rings. The van der Waals surface area contributed by atoms with Crippen molar-refractivity contribution >= 4 is 45.6 Å². The van der Waals surface area contributed by atoms with Crippen molar-refractivity contribution in [1.82, 2.24) is 5.01 Å². The maximum atomic E-state index is 12.8. The fourth-order valence-electron chi connectivity index (χ4n) is 2.57. The van der Waals surface area contributed by atoms with Crippen LogP contribution in [0.15, 0.2) is 54.6 Å². The molecule has 1 amide bonds. The van der Waals surface area contributed by atoms with Gasteiger partial charge in [-0.15, -0.1) is 0 Å². The molecule has 4 nitrogen and oxygen atoms in total. The first kappa shape index (κ1) is 16.8. The number of nitrogens with zero attached hydrogens (tertiary/aromatic N) is 2. The van der Waals surface area contributed by atoms with Gasteiger partial charge in [-0.25, -0.2) is 5.01 Å². The summed E-state index contributed by atoms with van der Waals surface area (Å²) in [4.78, 5) is 12.8. The van der Waals surface area contributed by atoms with Gasteiger partial charge in [-0.2, -0.15) is 0 Å². The van der Waals surface area contributed by atoms with E-state index in [1.165, 1.54) is 17.3 Å². The molecule has 1 heterocycles. The van der Waals surface area contributed by atoms with Gasteiger partial charge in [0.05, 0.1) is 5.69 Å². The van der Waals surface area contributed by atoms with E-state index in [0.29, 0.717) is 10.9 Å². The lowest BCUT2D eigenvalue weighted by molar-refractivity contribution is -0.126. The number of anilines is 2. The molecule has 0 radical (unpaired) electrons. The molecule has 0 spiro atoms. The highest BCUT2D eigenvalue weighted by Crippen LogP contribution is 2.30. The Kier molecular flexibility index (Phi) is 5.06. The molecular formula is C18H19N3OS2. The molecule has 1 atom stereocenters. The van der Waals surface area contributed by atoms with Crippen LogP contribution in [0.1, 0.15) is 5.56 Å². The maximum Gasteiger partial charge on any atom is 0.262 e. The topological polar surface area (TPSA) is 35.6 Å².